The van der Waals surface area contributed by atoms with Crippen LogP contribution >= 0.6 is 0 Å². The van der Waals surface area contributed by atoms with Crippen molar-refractivity contribution in [2.24, 2.45) is 5.73 Å². The molecule has 1 saturated heterocycles. The molecule has 0 saturated carbocycles. The second-order valence-corrected chi connectivity index (χ2v) is 6.50. The maximum absolute atomic E-state index is 13.1. The average molecular weight is 345 g/mol. The summed E-state index contributed by atoms with van der Waals surface area (Å²) in [6, 6.07) is 0. The second-order valence-electron chi connectivity index (χ2n) is 6.50. The first-order valence-electron chi connectivity index (χ1n) is 7.30. The lowest BCUT2D eigenvalue weighted by Crippen LogP contribution is -2.41. The van der Waals surface area contributed by atoms with Gasteiger partial charge < -0.3 is 20.0 Å². The van der Waals surface area contributed by atoms with E-state index in [2.05, 4.69) is 9.97 Å². The van der Waals surface area contributed by atoms with Crippen LogP contribution in [-0.4, -0.2) is 34.8 Å². The van der Waals surface area contributed by atoms with Crippen LogP contribution in [0.4, 0.5) is 13.2 Å². The first-order valence-corrected chi connectivity index (χ1v) is 7.30. The van der Waals surface area contributed by atoms with Crippen molar-refractivity contribution in [1.29, 1.82) is 0 Å². The molecule has 0 unspecified atom stereocenters. The molecule has 0 aliphatic carbocycles. The Bertz CT molecular complexity index is 697. The molecule has 1 fully saturated rings. The molecule has 3 N–H and O–H groups in total. The molecule has 0 amide bonds. The molecule has 6 nitrogen and oxygen atoms in total. The van der Waals surface area contributed by atoms with Crippen molar-refractivity contribution in [3.63, 3.8) is 0 Å². The number of nitrogens with zero attached hydrogens (tertiary/aromatic N) is 1. The lowest BCUT2D eigenvalue weighted by molar-refractivity contribution is -0.141. The smallest absolute Gasteiger partial charge is 0.400 e. The molecule has 2 heterocycles. The van der Waals surface area contributed by atoms with E-state index in [1.54, 1.807) is 27.7 Å². The fourth-order valence-electron chi connectivity index (χ4n) is 2.17. The monoisotopic (exact) mass is 345 g/mol. The van der Waals surface area contributed by atoms with Gasteiger partial charge >= 0.3 is 13.3 Å². The number of hydrogen-bond donors (Lipinski definition) is 2. The second kappa shape index (κ2) is 6.01. The summed E-state index contributed by atoms with van der Waals surface area (Å²) in [6.07, 6.45) is -3.02. The van der Waals surface area contributed by atoms with Crippen molar-refractivity contribution < 1.29 is 22.5 Å². The predicted molar refractivity (Wildman–Crippen MR) is 83.0 cm³/mol. The Labute approximate surface area is 137 Å². The summed E-state index contributed by atoms with van der Waals surface area (Å²) in [5.74, 6) is 0. The highest BCUT2D eigenvalue weighted by molar-refractivity contribution is 6.55. The summed E-state index contributed by atoms with van der Waals surface area (Å²) in [5.41, 5.74) is 1.68. The van der Waals surface area contributed by atoms with Crippen LogP contribution < -0.4 is 11.3 Å². The number of halogens is 3. The number of hydrogen-bond acceptors (Lipinski definition) is 5. The zero-order valence-electron chi connectivity index (χ0n) is 13.8. The Kier molecular flexibility index (Phi) is 4.68. The zero-order valence-corrected chi connectivity index (χ0v) is 13.8. The lowest BCUT2D eigenvalue weighted by Gasteiger charge is -2.32. The van der Waals surface area contributed by atoms with Gasteiger partial charge in [0.15, 0.2) is 5.69 Å². The molecule has 0 bridgehead atoms. The van der Waals surface area contributed by atoms with E-state index in [1.807, 2.05) is 0 Å². The van der Waals surface area contributed by atoms with E-state index in [9.17, 15) is 18.0 Å². The van der Waals surface area contributed by atoms with Gasteiger partial charge in [-0.2, -0.15) is 13.2 Å². The van der Waals surface area contributed by atoms with E-state index < -0.39 is 41.3 Å². The molecule has 1 aromatic heterocycles. The molecular formula is C14H19BF3N3O3. The van der Waals surface area contributed by atoms with E-state index in [0.29, 0.717) is 6.33 Å². The molecule has 24 heavy (non-hydrogen) atoms. The minimum absolute atomic E-state index is 0.136. The van der Waals surface area contributed by atoms with E-state index in [0.717, 1.165) is 6.08 Å². The molecule has 0 spiro atoms. The van der Waals surface area contributed by atoms with Gasteiger partial charge in [-0.3, -0.25) is 4.79 Å². The van der Waals surface area contributed by atoms with Gasteiger partial charge in [0.1, 0.15) is 0 Å². The topological polar surface area (TPSA) is 90.2 Å². The Morgan fingerprint density at radius 1 is 1.33 bits per heavy atom. The van der Waals surface area contributed by atoms with Crippen LogP contribution in [0, 0.1) is 0 Å². The van der Waals surface area contributed by atoms with Crippen molar-refractivity contribution >= 4 is 13.2 Å². The normalized spacial score (nSPS) is 20.5. The van der Waals surface area contributed by atoms with Gasteiger partial charge in [-0.15, -0.1) is 0 Å². The van der Waals surface area contributed by atoms with E-state index in [1.165, 1.54) is 0 Å². The highest BCUT2D eigenvalue weighted by Crippen LogP contribution is 2.39. The highest BCUT2D eigenvalue weighted by atomic mass is 19.4. The summed E-state index contributed by atoms with van der Waals surface area (Å²) in [4.78, 5) is 17.2. The first-order chi connectivity index (χ1) is 10.9. The molecule has 1 aliphatic rings. The van der Waals surface area contributed by atoms with E-state index in [-0.39, 0.29) is 12.0 Å². The van der Waals surface area contributed by atoms with Crippen LogP contribution in [0.3, 0.4) is 0 Å². The third-order valence-electron chi connectivity index (χ3n) is 4.28. The number of nitrogens with two attached hydrogens (primary N) is 1. The van der Waals surface area contributed by atoms with Crippen LogP contribution in [0.15, 0.2) is 16.6 Å². The minimum Gasteiger partial charge on any atom is -0.400 e. The molecule has 1 aliphatic heterocycles. The van der Waals surface area contributed by atoms with Gasteiger partial charge in [0.05, 0.1) is 23.1 Å². The summed E-state index contributed by atoms with van der Waals surface area (Å²) in [6.45, 7) is 7.08. The number of rotatable bonds is 3. The molecule has 132 valence electrons. The third-order valence-corrected chi connectivity index (χ3v) is 4.28. The van der Waals surface area contributed by atoms with Crippen LogP contribution in [0.5, 0.6) is 0 Å². The zero-order chi connectivity index (χ0) is 18.3. The molecule has 0 radical (unpaired) electrons. The molecule has 0 atom stereocenters. The van der Waals surface area contributed by atoms with Gasteiger partial charge in [-0.1, -0.05) is 6.08 Å². The highest BCUT2D eigenvalue weighted by Gasteiger charge is 2.52. The van der Waals surface area contributed by atoms with Crippen molar-refractivity contribution in [3.05, 3.63) is 33.4 Å². The Balaban J connectivity index is 2.49. The maximum atomic E-state index is 13.1. The lowest BCUT2D eigenvalue weighted by atomic mass is 9.77. The SMILES string of the molecule is CC1(C)OB(C(=Cc2c(C(F)(F)F)nc[nH]c2=O)CN)OC1(C)C. The van der Waals surface area contributed by atoms with Crippen molar-refractivity contribution in [1.82, 2.24) is 9.97 Å². The van der Waals surface area contributed by atoms with Crippen molar-refractivity contribution in [3.8, 4) is 0 Å². The minimum atomic E-state index is -4.77. The molecule has 1 aromatic rings. The number of alkyl halides is 3. The largest absolute Gasteiger partial charge is 0.491 e. The Hall–Kier alpha value is -1.65. The summed E-state index contributed by atoms with van der Waals surface area (Å²) in [7, 11) is -0.944. The Morgan fingerprint density at radius 2 is 1.88 bits per heavy atom. The van der Waals surface area contributed by atoms with Crippen molar-refractivity contribution in [2.75, 3.05) is 6.54 Å². The standard InChI is InChI=1S/C14H19BF3N3O3/c1-12(2)13(3,4)24-15(23-12)8(6-19)5-9-10(14(16,17)18)20-7-21-11(9)22/h5,7H,6,19H2,1-4H3,(H,20,21,22). The maximum Gasteiger partial charge on any atom is 0.491 e. The van der Waals surface area contributed by atoms with Gasteiger partial charge in [-0.25, -0.2) is 4.98 Å². The molecule has 10 heteroatoms. The molecule has 0 aromatic carbocycles. The average Bonchev–Trinajstić information content (AvgIpc) is 2.64. The van der Waals surface area contributed by atoms with Gasteiger partial charge in [0, 0.05) is 6.54 Å². The van der Waals surface area contributed by atoms with Gasteiger partial charge in [0.25, 0.3) is 5.56 Å². The summed E-state index contributed by atoms with van der Waals surface area (Å²) < 4.78 is 50.7. The Morgan fingerprint density at radius 3 is 2.33 bits per heavy atom. The van der Waals surface area contributed by atoms with Crippen LogP contribution in [0.25, 0.3) is 6.08 Å². The first kappa shape index (κ1) is 18.7. The van der Waals surface area contributed by atoms with Crippen LogP contribution in [0.1, 0.15) is 39.0 Å². The van der Waals surface area contributed by atoms with Gasteiger partial charge in [-0.05, 0) is 33.2 Å². The summed E-state index contributed by atoms with van der Waals surface area (Å²) >= 11 is 0. The number of H-pyrrole nitrogens is 1. The van der Waals surface area contributed by atoms with Crippen LogP contribution in [-0.2, 0) is 15.5 Å². The third kappa shape index (κ3) is 3.40. The van der Waals surface area contributed by atoms with Crippen LogP contribution in [0.2, 0.25) is 0 Å². The van der Waals surface area contributed by atoms with E-state index >= 15 is 0 Å². The molecular weight excluding hydrogens is 326 g/mol. The fourth-order valence-corrected chi connectivity index (χ4v) is 2.17. The number of nitrogens with one attached hydrogen (secondary N) is 1. The predicted octanol–water partition coefficient (Wildman–Crippen LogP) is 1.76. The van der Waals surface area contributed by atoms with E-state index in [4.69, 9.17) is 15.0 Å². The number of aromatic nitrogens is 2. The quantitative estimate of drug-likeness (QED) is 0.815. The molecule has 2 rings (SSSR count). The van der Waals surface area contributed by atoms with Gasteiger partial charge in [0.2, 0.25) is 0 Å². The number of aromatic amines is 1. The summed E-state index contributed by atoms with van der Waals surface area (Å²) in [5, 5.41) is 0. The fraction of sp³-hybridized carbons (Fsp3) is 0.571. The van der Waals surface area contributed by atoms with Crippen molar-refractivity contribution in [2.45, 2.75) is 45.1 Å².